The van der Waals surface area contributed by atoms with Gasteiger partial charge >= 0.3 is 0 Å². The number of likely N-dealkylation sites (tertiary alicyclic amines) is 1. The summed E-state index contributed by atoms with van der Waals surface area (Å²) in [5, 5.41) is 9.84. The Morgan fingerprint density at radius 3 is 3.06 bits per heavy atom. The topological polar surface area (TPSA) is 23.5 Å². The van der Waals surface area contributed by atoms with E-state index in [0.29, 0.717) is 5.75 Å². The highest BCUT2D eigenvalue weighted by molar-refractivity contribution is 9.10. The number of piperidine rings is 1. The minimum Gasteiger partial charge on any atom is -0.508 e. The molecule has 1 N–H and O–H groups in total. The van der Waals surface area contributed by atoms with E-state index in [2.05, 4.69) is 27.8 Å². The summed E-state index contributed by atoms with van der Waals surface area (Å²) in [5.74, 6) is 1.24. The number of benzene rings is 1. The molecular weight excluding hydrogens is 278 g/mol. The first-order chi connectivity index (χ1) is 8.19. The van der Waals surface area contributed by atoms with Crippen LogP contribution < -0.4 is 0 Å². The highest BCUT2D eigenvalue weighted by atomic mass is 79.9. The van der Waals surface area contributed by atoms with E-state index in [0.717, 1.165) is 29.0 Å². The summed E-state index contributed by atoms with van der Waals surface area (Å²) in [5.41, 5.74) is 1.02. The predicted octanol–water partition coefficient (Wildman–Crippen LogP) is 3.78. The predicted molar refractivity (Wildman–Crippen MR) is 74.1 cm³/mol. The third kappa shape index (κ3) is 3.46. The molecule has 1 aliphatic rings. The van der Waals surface area contributed by atoms with Crippen LogP contribution in [0.2, 0.25) is 0 Å². The van der Waals surface area contributed by atoms with Crippen LogP contribution >= 0.6 is 15.9 Å². The Bertz CT molecular complexity index is 380. The lowest BCUT2D eigenvalue weighted by molar-refractivity contribution is 0.163. The molecule has 1 unspecified atom stereocenters. The number of rotatable bonds is 3. The largest absolute Gasteiger partial charge is 0.508 e. The molecule has 0 saturated carbocycles. The standard InChI is InChI=1S/C14H20BrNO/c1-2-11-4-3-7-16(9-11)10-12-8-13(15)5-6-14(12)17/h5-6,8,11,17H,2-4,7,9-10H2,1H3. The Morgan fingerprint density at radius 2 is 2.29 bits per heavy atom. The summed E-state index contributed by atoms with van der Waals surface area (Å²) in [6.07, 6.45) is 3.91. The van der Waals surface area contributed by atoms with Gasteiger partial charge in [0.2, 0.25) is 0 Å². The maximum atomic E-state index is 9.84. The molecule has 0 spiro atoms. The maximum Gasteiger partial charge on any atom is 0.120 e. The fourth-order valence-corrected chi connectivity index (χ4v) is 2.96. The van der Waals surface area contributed by atoms with Crippen LogP contribution in [-0.4, -0.2) is 23.1 Å². The number of nitrogens with zero attached hydrogens (tertiary/aromatic N) is 1. The zero-order valence-corrected chi connectivity index (χ0v) is 11.9. The quantitative estimate of drug-likeness (QED) is 0.918. The first-order valence-corrected chi connectivity index (χ1v) is 7.18. The SMILES string of the molecule is CCC1CCCN(Cc2cc(Br)ccc2O)C1. The second-order valence-electron chi connectivity index (χ2n) is 4.92. The molecule has 1 aromatic carbocycles. The van der Waals surface area contributed by atoms with E-state index in [1.807, 2.05) is 12.1 Å². The van der Waals surface area contributed by atoms with E-state index < -0.39 is 0 Å². The number of phenolic OH excluding ortho intramolecular Hbond substituents is 1. The number of halogens is 1. The molecule has 0 aromatic heterocycles. The van der Waals surface area contributed by atoms with Crippen molar-refractivity contribution in [2.24, 2.45) is 5.92 Å². The first-order valence-electron chi connectivity index (χ1n) is 6.38. The molecule has 0 amide bonds. The Labute approximate surface area is 112 Å². The fraction of sp³-hybridized carbons (Fsp3) is 0.571. The van der Waals surface area contributed by atoms with Gasteiger partial charge in [0.15, 0.2) is 0 Å². The van der Waals surface area contributed by atoms with Crippen LogP contribution in [0.4, 0.5) is 0 Å². The minimum absolute atomic E-state index is 0.409. The lowest BCUT2D eigenvalue weighted by atomic mass is 9.95. The van der Waals surface area contributed by atoms with E-state index in [9.17, 15) is 5.11 Å². The van der Waals surface area contributed by atoms with Crippen LogP contribution in [0.15, 0.2) is 22.7 Å². The van der Waals surface area contributed by atoms with E-state index in [4.69, 9.17) is 0 Å². The summed E-state index contributed by atoms with van der Waals surface area (Å²) in [7, 11) is 0. The van der Waals surface area contributed by atoms with Crippen molar-refractivity contribution in [3.05, 3.63) is 28.2 Å². The third-order valence-electron chi connectivity index (χ3n) is 3.62. The zero-order valence-electron chi connectivity index (χ0n) is 10.3. The van der Waals surface area contributed by atoms with E-state index in [1.54, 1.807) is 6.07 Å². The average molecular weight is 298 g/mol. The van der Waals surface area contributed by atoms with Crippen LogP contribution in [0.1, 0.15) is 31.7 Å². The van der Waals surface area contributed by atoms with Gasteiger partial charge in [-0.25, -0.2) is 0 Å². The first kappa shape index (κ1) is 12.9. The van der Waals surface area contributed by atoms with Gasteiger partial charge in [0, 0.05) is 23.1 Å². The Balaban J connectivity index is 2.02. The molecule has 2 rings (SSSR count). The summed E-state index contributed by atoms with van der Waals surface area (Å²) in [6.45, 7) is 5.46. The van der Waals surface area contributed by atoms with Crippen molar-refractivity contribution in [2.75, 3.05) is 13.1 Å². The average Bonchev–Trinajstić information content (AvgIpc) is 2.34. The van der Waals surface area contributed by atoms with Crippen LogP contribution in [0, 0.1) is 5.92 Å². The second kappa shape index (κ2) is 5.87. The fourth-order valence-electron chi connectivity index (χ4n) is 2.55. The van der Waals surface area contributed by atoms with E-state index in [-0.39, 0.29) is 0 Å². The molecule has 1 saturated heterocycles. The van der Waals surface area contributed by atoms with Gasteiger partial charge in [0.05, 0.1) is 0 Å². The summed E-state index contributed by atoms with van der Waals surface area (Å²) >= 11 is 3.46. The van der Waals surface area contributed by atoms with Gasteiger partial charge in [0.25, 0.3) is 0 Å². The van der Waals surface area contributed by atoms with Gasteiger partial charge < -0.3 is 5.11 Å². The zero-order chi connectivity index (χ0) is 12.3. The minimum atomic E-state index is 0.409. The molecular formula is C14H20BrNO. The number of phenols is 1. The number of aromatic hydroxyl groups is 1. The van der Waals surface area contributed by atoms with E-state index >= 15 is 0 Å². The van der Waals surface area contributed by atoms with Gasteiger partial charge in [-0.15, -0.1) is 0 Å². The lowest BCUT2D eigenvalue weighted by Crippen LogP contribution is -2.34. The molecule has 17 heavy (non-hydrogen) atoms. The van der Waals surface area contributed by atoms with Crippen molar-refractivity contribution in [1.29, 1.82) is 0 Å². The Kier molecular flexibility index (Phi) is 4.46. The molecule has 1 aliphatic heterocycles. The van der Waals surface area contributed by atoms with Crippen LogP contribution in [0.3, 0.4) is 0 Å². The maximum absolute atomic E-state index is 9.84. The van der Waals surface area contributed by atoms with Crippen LogP contribution in [0.25, 0.3) is 0 Å². The highest BCUT2D eigenvalue weighted by Gasteiger charge is 2.19. The van der Waals surface area contributed by atoms with Gasteiger partial charge in [-0.1, -0.05) is 29.3 Å². The van der Waals surface area contributed by atoms with Crippen molar-refractivity contribution < 1.29 is 5.11 Å². The highest BCUT2D eigenvalue weighted by Crippen LogP contribution is 2.26. The normalized spacial score (nSPS) is 21.6. The van der Waals surface area contributed by atoms with Crippen molar-refractivity contribution in [1.82, 2.24) is 4.90 Å². The summed E-state index contributed by atoms with van der Waals surface area (Å²) < 4.78 is 1.04. The number of hydrogen-bond acceptors (Lipinski definition) is 2. The Hall–Kier alpha value is -0.540. The molecule has 94 valence electrons. The van der Waals surface area contributed by atoms with E-state index in [1.165, 1.54) is 25.8 Å². The lowest BCUT2D eigenvalue weighted by Gasteiger charge is -2.32. The van der Waals surface area contributed by atoms with Gasteiger partial charge in [0.1, 0.15) is 5.75 Å². The van der Waals surface area contributed by atoms with Crippen molar-refractivity contribution in [3.8, 4) is 5.75 Å². The third-order valence-corrected chi connectivity index (χ3v) is 4.11. The van der Waals surface area contributed by atoms with Crippen molar-refractivity contribution in [3.63, 3.8) is 0 Å². The molecule has 1 aromatic rings. The van der Waals surface area contributed by atoms with Gasteiger partial charge in [-0.3, -0.25) is 4.90 Å². The molecule has 1 atom stereocenters. The van der Waals surface area contributed by atoms with Crippen LogP contribution in [-0.2, 0) is 6.54 Å². The molecule has 0 aliphatic carbocycles. The van der Waals surface area contributed by atoms with Crippen LogP contribution in [0.5, 0.6) is 5.75 Å². The van der Waals surface area contributed by atoms with Gasteiger partial charge in [-0.2, -0.15) is 0 Å². The smallest absolute Gasteiger partial charge is 0.120 e. The van der Waals surface area contributed by atoms with Crippen molar-refractivity contribution >= 4 is 15.9 Å². The monoisotopic (exact) mass is 297 g/mol. The molecule has 0 bridgehead atoms. The second-order valence-corrected chi connectivity index (χ2v) is 5.84. The summed E-state index contributed by atoms with van der Waals surface area (Å²) in [6, 6.07) is 5.66. The molecule has 2 nitrogen and oxygen atoms in total. The van der Waals surface area contributed by atoms with Crippen molar-refractivity contribution in [2.45, 2.75) is 32.7 Å². The molecule has 0 radical (unpaired) electrons. The Morgan fingerprint density at radius 1 is 1.47 bits per heavy atom. The summed E-state index contributed by atoms with van der Waals surface area (Å²) in [4.78, 5) is 2.46. The molecule has 1 heterocycles. The molecule has 3 heteroatoms. The number of hydrogen-bond donors (Lipinski definition) is 1. The molecule has 1 fully saturated rings. The van der Waals surface area contributed by atoms with Gasteiger partial charge in [-0.05, 0) is 43.5 Å².